The Morgan fingerprint density at radius 3 is 2.19 bits per heavy atom. The molecular weight excluding hydrogens is 354 g/mol. The van der Waals surface area contributed by atoms with E-state index in [0.29, 0.717) is 23.8 Å². The molecule has 3 rings (SSSR count). The number of methoxy groups -OCH3 is 3. The third kappa shape index (κ3) is 3.37. The normalized spacial score (nSPS) is 17.9. The highest BCUT2D eigenvalue weighted by Gasteiger charge is 2.37. The maximum atomic E-state index is 13.2. The Balaban J connectivity index is 1.97. The van der Waals surface area contributed by atoms with Gasteiger partial charge in [-0.25, -0.2) is 8.42 Å². The van der Waals surface area contributed by atoms with Crippen LogP contribution in [0.5, 0.6) is 17.2 Å². The van der Waals surface area contributed by atoms with Crippen molar-refractivity contribution in [2.75, 3.05) is 27.9 Å². The highest BCUT2D eigenvalue weighted by atomic mass is 32.2. The molecule has 1 fully saturated rings. The maximum Gasteiger partial charge on any atom is 0.243 e. The molecule has 1 aliphatic heterocycles. The summed E-state index contributed by atoms with van der Waals surface area (Å²) in [5.74, 6) is 1.93. The van der Waals surface area contributed by atoms with E-state index in [9.17, 15) is 8.42 Å². The topological polar surface area (TPSA) is 65.1 Å². The summed E-state index contributed by atoms with van der Waals surface area (Å²) < 4.78 is 43.7. The number of nitrogens with zero attached hydrogens (tertiary/aromatic N) is 1. The lowest BCUT2D eigenvalue weighted by molar-refractivity contribution is 0.361. The predicted molar refractivity (Wildman–Crippen MR) is 98.4 cm³/mol. The number of benzene rings is 2. The number of ether oxygens (including phenoxy) is 3. The number of sulfonamides is 1. The SMILES string of the molecule is COc1ccc(S(=O)(=O)N2CCCC2c2ccc(OC)cc2OC)cc1. The third-order valence-electron chi connectivity index (χ3n) is 4.67. The minimum Gasteiger partial charge on any atom is -0.497 e. The Morgan fingerprint density at radius 2 is 1.58 bits per heavy atom. The molecule has 6 nitrogen and oxygen atoms in total. The van der Waals surface area contributed by atoms with Gasteiger partial charge in [-0.2, -0.15) is 4.31 Å². The van der Waals surface area contributed by atoms with Crippen LogP contribution in [0.15, 0.2) is 47.4 Å². The van der Waals surface area contributed by atoms with Crippen molar-refractivity contribution >= 4 is 10.0 Å². The van der Waals surface area contributed by atoms with E-state index in [1.807, 2.05) is 12.1 Å². The van der Waals surface area contributed by atoms with Gasteiger partial charge in [0.25, 0.3) is 0 Å². The van der Waals surface area contributed by atoms with E-state index in [2.05, 4.69) is 0 Å². The summed E-state index contributed by atoms with van der Waals surface area (Å²) in [6.45, 7) is 0.480. The molecule has 1 aliphatic rings. The van der Waals surface area contributed by atoms with Gasteiger partial charge < -0.3 is 14.2 Å². The van der Waals surface area contributed by atoms with Crippen LogP contribution in [0.2, 0.25) is 0 Å². The van der Waals surface area contributed by atoms with Crippen molar-refractivity contribution < 1.29 is 22.6 Å². The lowest BCUT2D eigenvalue weighted by Gasteiger charge is -2.26. The fourth-order valence-electron chi connectivity index (χ4n) is 3.32. The Morgan fingerprint density at radius 1 is 0.923 bits per heavy atom. The molecule has 0 N–H and O–H groups in total. The lowest BCUT2D eigenvalue weighted by atomic mass is 10.0. The Hall–Kier alpha value is -2.25. The molecule has 1 unspecified atom stereocenters. The van der Waals surface area contributed by atoms with Crippen molar-refractivity contribution in [1.29, 1.82) is 0 Å². The number of rotatable bonds is 6. The quantitative estimate of drug-likeness (QED) is 0.773. The first kappa shape index (κ1) is 18.5. The zero-order chi connectivity index (χ0) is 18.7. The molecule has 0 saturated carbocycles. The molecule has 7 heteroatoms. The lowest BCUT2D eigenvalue weighted by Crippen LogP contribution is -2.30. The molecule has 2 aromatic rings. The van der Waals surface area contributed by atoms with Gasteiger partial charge in [0.1, 0.15) is 17.2 Å². The molecular formula is C19H23NO5S. The second-order valence-corrected chi connectivity index (χ2v) is 7.95. The summed E-state index contributed by atoms with van der Waals surface area (Å²) in [6, 6.07) is 11.7. The van der Waals surface area contributed by atoms with E-state index < -0.39 is 10.0 Å². The second-order valence-electron chi connectivity index (χ2n) is 6.06. The summed E-state index contributed by atoms with van der Waals surface area (Å²) in [4.78, 5) is 0.262. The van der Waals surface area contributed by atoms with Gasteiger partial charge in [0.05, 0.1) is 32.3 Å². The average Bonchev–Trinajstić information content (AvgIpc) is 3.18. The van der Waals surface area contributed by atoms with E-state index in [1.165, 1.54) is 0 Å². The molecule has 0 aromatic heterocycles. The van der Waals surface area contributed by atoms with Crippen molar-refractivity contribution in [1.82, 2.24) is 4.31 Å². The standard InChI is InChI=1S/C19H23NO5S/c1-23-14-6-9-16(10-7-14)26(21,22)20-12-4-5-18(20)17-11-8-15(24-2)13-19(17)25-3/h6-11,13,18H,4-5,12H2,1-3H3. The third-order valence-corrected chi connectivity index (χ3v) is 6.59. The van der Waals surface area contributed by atoms with Gasteiger partial charge in [-0.3, -0.25) is 0 Å². The van der Waals surface area contributed by atoms with Gasteiger partial charge >= 0.3 is 0 Å². The van der Waals surface area contributed by atoms with Gasteiger partial charge in [-0.05, 0) is 43.2 Å². The van der Waals surface area contributed by atoms with Crippen LogP contribution in [0.4, 0.5) is 0 Å². The summed E-state index contributed by atoms with van der Waals surface area (Å²) in [6.07, 6.45) is 1.55. The molecule has 1 saturated heterocycles. The van der Waals surface area contributed by atoms with Crippen LogP contribution in [0.1, 0.15) is 24.4 Å². The maximum absolute atomic E-state index is 13.2. The summed E-state index contributed by atoms with van der Waals surface area (Å²) in [5, 5.41) is 0. The fraction of sp³-hybridized carbons (Fsp3) is 0.368. The number of hydrogen-bond acceptors (Lipinski definition) is 5. The van der Waals surface area contributed by atoms with Gasteiger partial charge in [0.2, 0.25) is 10.0 Å². The molecule has 140 valence electrons. The van der Waals surface area contributed by atoms with E-state index >= 15 is 0 Å². The average molecular weight is 377 g/mol. The first-order chi connectivity index (χ1) is 12.5. The van der Waals surface area contributed by atoms with E-state index in [1.54, 1.807) is 56.0 Å². The Bertz CT molecular complexity index is 864. The van der Waals surface area contributed by atoms with E-state index in [4.69, 9.17) is 14.2 Å². The fourth-order valence-corrected chi connectivity index (χ4v) is 4.99. The van der Waals surface area contributed by atoms with Crippen LogP contribution >= 0.6 is 0 Å². The summed E-state index contributed by atoms with van der Waals surface area (Å²) in [7, 11) is 1.11. The highest BCUT2D eigenvalue weighted by Crippen LogP contribution is 2.41. The summed E-state index contributed by atoms with van der Waals surface area (Å²) >= 11 is 0. The molecule has 0 radical (unpaired) electrons. The van der Waals surface area contributed by atoms with E-state index in [-0.39, 0.29) is 10.9 Å². The molecule has 0 spiro atoms. The molecule has 2 aromatic carbocycles. The van der Waals surface area contributed by atoms with Crippen LogP contribution in [0.3, 0.4) is 0 Å². The van der Waals surface area contributed by atoms with Crippen LogP contribution in [-0.2, 0) is 10.0 Å². The number of hydrogen-bond donors (Lipinski definition) is 0. The molecule has 0 aliphatic carbocycles. The van der Waals surface area contributed by atoms with Gasteiger partial charge in [0, 0.05) is 18.2 Å². The van der Waals surface area contributed by atoms with Crippen molar-refractivity contribution in [3.8, 4) is 17.2 Å². The minimum absolute atomic E-state index is 0.261. The first-order valence-corrected chi connectivity index (χ1v) is 9.83. The Kier molecular flexibility index (Phi) is 5.38. The zero-order valence-electron chi connectivity index (χ0n) is 15.1. The van der Waals surface area contributed by atoms with Crippen molar-refractivity contribution in [3.63, 3.8) is 0 Å². The van der Waals surface area contributed by atoms with Crippen molar-refractivity contribution in [2.45, 2.75) is 23.8 Å². The first-order valence-electron chi connectivity index (χ1n) is 8.39. The van der Waals surface area contributed by atoms with Crippen LogP contribution < -0.4 is 14.2 Å². The molecule has 1 heterocycles. The smallest absolute Gasteiger partial charge is 0.243 e. The molecule has 0 amide bonds. The van der Waals surface area contributed by atoms with Gasteiger partial charge in [-0.1, -0.05) is 6.07 Å². The molecule has 1 atom stereocenters. The van der Waals surface area contributed by atoms with Gasteiger partial charge in [-0.15, -0.1) is 0 Å². The monoisotopic (exact) mass is 377 g/mol. The molecule has 26 heavy (non-hydrogen) atoms. The zero-order valence-corrected chi connectivity index (χ0v) is 16.0. The summed E-state index contributed by atoms with van der Waals surface area (Å²) in [5.41, 5.74) is 0.850. The predicted octanol–water partition coefficient (Wildman–Crippen LogP) is 3.24. The highest BCUT2D eigenvalue weighted by molar-refractivity contribution is 7.89. The Labute approximate surface area is 154 Å². The van der Waals surface area contributed by atoms with Crippen LogP contribution in [0, 0.1) is 0 Å². The van der Waals surface area contributed by atoms with Crippen molar-refractivity contribution in [2.24, 2.45) is 0 Å². The molecule has 0 bridgehead atoms. The second kappa shape index (κ2) is 7.55. The van der Waals surface area contributed by atoms with Crippen molar-refractivity contribution in [3.05, 3.63) is 48.0 Å². The largest absolute Gasteiger partial charge is 0.497 e. The van der Waals surface area contributed by atoms with E-state index in [0.717, 1.165) is 18.4 Å². The van der Waals surface area contributed by atoms with Crippen LogP contribution in [-0.4, -0.2) is 40.6 Å². The minimum atomic E-state index is -3.61. The van der Waals surface area contributed by atoms with Gasteiger partial charge in [0.15, 0.2) is 0 Å². The van der Waals surface area contributed by atoms with Crippen LogP contribution in [0.25, 0.3) is 0 Å².